The largest absolute Gasteiger partial charge is 0.381 e. The Bertz CT molecular complexity index is 1340. The molecule has 3 saturated heterocycles. The van der Waals surface area contributed by atoms with Crippen molar-refractivity contribution in [3.8, 4) is 0 Å². The summed E-state index contributed by atoms with van der Waals surface area (Å²) in [7, 11) is 0. The second kappa shape index (κ2) is 10.2. The van der Waals surface area contributed by atoms with Gasteiger partial charge in [-0.1, -0.05) is 24.3 Å². The highest BCUT2D eigenvalue weighted by Gasteiger charge is 2.45. The Hall–Kier alpha value is -3.56. The Morgan fingerprint density at radius 1 is 1.05 bits per heavy atom. The minimum absolute atomic E-state index is 0.0950. The molecule has 3 fully saturated rings. The summed E-state index contributed by atoms with van der Waals surface area (Å²) in [5, 5.41) is 5.57. The summed E-state index contributed by atoms with van der Waals surface area (Å²) in [4.78, 5) is 53.9. The van der Waals surface area contributed by atoms with Crippen molar-refractivity contribution in [1.29, 1.82) is 0 Å². The number of hydrogen-bond donors (Lipinski definition) is 2. The second-order valence-corrected chi connectivity index (χ2v) is 11.4. The first-order valence-electron chi connectivity index (χ1n) is 13.8. The Labute approximate surface area is 227 Å². The zero-order valence-corrected chi connectivity index (χ0v) is 22.3. The highest BCUT2D eigenvalue weighted by Crippen LogP contribution is 2.39. The van der Waals surface area contributed by atoms with Gasteiger partial charge in [-0.2, -0.15) is 0 Å². The van der Waals surface area contributed by atoms with E-state index in [4.69, 9.17) is 4.74 Å². The lowest BCUT2D eigenvalue weighted by Crippen LogP contribution is -2.54. The van der Waals surface area contributed by atoms with Gasteiger partial charge in [-0.3, -0.25) is 34.3 Å². The van der Waals surface area contributed by atoms with E-state index in [1.54, 1.807) is 18.2 Å². The van der Waals surface area contributed by atoms with Crippen molar-refractivity contribution in [1.82, 2.24) is 15.1 Å². The third-order valence-corrected chi connectivity index (χ3v) is 8.85. The van der Waals surface area contributed by atoms with Crippen molar-refractivity contribution >= 4 is 29.3 Å². The quantitative estimate of drug-likeness (QED) is 0.553. The van der Waals surface area contributed by atoms with Gasteiger partial charge in [-0.15, -0.1) is 0 Å². The first-order chi connectivity index (χ1) is 18.8. The number of benzene rings is 2. The van der Waals surface area contributed by atoms with E-state index in [1.165, 1.54) is 30.4 Å². The van der Waals surface area contributed by atoms with Gasteiger partial charge in [0.15, 0.2) is 0 Å². The van der Waals surface area contributed by atoms with Crippen molar-refractivity contribution in [2.45, 2.75) is 58.2 Å². The molecule has 1 atom stereocenters. The van der Waals surface area contributed by atoms with E-state index in [0.717, 1.165) is 43.3 Å². The molecule has 4 aliphatic heterocycles. The van der Waals surface area contributed by atoms with Crippen LogP contribution in [0, 0.1) is 12.3 Å². The van der Waals surface area contributed by atoms with Gasteiger partial charge in [-0.25, -0.2) is 0 Å². The van der Waals surface area contributed by atoms with E-state index in [0.29, 0.717) is 17.6 Å². The number of aryl methyl sites for hydroxylation is 1. The maximum absolute atomic E-state index is 13.3. The molecule has 0 radical (unpaired) electrons. The van der Waals surface area contributed by atoms with Crippen molar-refractivity contribution in [3.63, 3.8) is 0 Å². The van der Waals surface area contributed by atoms with Crippen LogP contribution in [0.15, 0.2) is 36.4 Å². The van der Waals surface area contributed by atoms with Crippen LogP contribution in [0.2, 0.25) is 0 Å². The zero-order chi connectivity index (χ0) is 27.1. The SMILES string of the molecule is Cc1cc(CNc2cccc3c2C(=O)N(C2CCC(=O)NC2=O)C3=O)ccc1CN1CCC2(CCOC2)CC1. The fourth-order valence-electron chi connectivity index (χ4n) is 6.38. The predicted molar refractivity (Wildman–Crippen MR) is 144 cm³/mol. The van der Waals surface area contributed by atoms with Crippen LogP contribution in [0.5, 0.6) is 0 Å². The van der Waals surface area contributed by atoms with Gasteiger partial charge < -0.3 is 10.1 Å². The molecule has 6 rings (SSSR count). The number of rotatable bonds is 6. The molecule has 2 aromatic carbocycles. The van der Waals surface area contributed by atoms with Crippen LogP contribution in [0.3, 0.4) is 0 Å². The molecule has 4 heterocycles. The standard InChI is InChI=1S/C30H34N4O5/c1-19-15-20(5-6-21(19)17-33-12-9-30(10-13-33)11-14-39-18-30)16-31-23-4-2-3-22-26(23)29(38)34(28(22)37)24-7-8-25(35)32-27(24)36/h2-6,15,24,31H,7-14,16-18H2,1H3,(H,32,35,36). The number of ether oxygens (including phenoxy) is 1. The summed E-state index contributed by atoms with van der Waals surface area (Å²) in [6, 6.07) is 10.6. The normalized spacial score (nSPS) is 22.9. The number of carbonyl (C=O) groups is 4. The number of imide groups is 2. The zero-order valence-electron chi connectivity index (χ0n) is 22.3. The number of nitrogens with one attached hydrogen (secondary N) is 2. The number of likely N-dealkylation sites (tertiary alicyclic amines) is 1. The number of carbonyl (C=O) groups excluding carboxylic acids is 4. The number of hydrogen-bond acceptors (Lipinski definition) is 7. The summed E-state index contributed by atoms with van der Waals surface area (Å²) >= 11 is 0. The van der Waals surface area contributed by atoms with Gasteiger partial charge in [0.1, 0.15) is 6.04 Å². The summed E-state index contributed by atoms with van der Waals surface area (Å²) in [6.45, 7) is 7.60. The van der Waals surface area contributed by atoms with Crippen molar-refractivity contribution in [2.24, 2.45) is 5.41 Å². The molecule has 1 unspecified atom stereocenters. The van der Waals surface area contributed by atoms with E-state index in [9.17, 15) is 19.2 Å². The summed E-state index contributed by atoms with van der Waals surface area (Å²) in [5.41, 5.74) is 5.13. The van der Waals surface area contributed by atoms with E-state index in [1.807, 2.05) is 0 Å². The van der Waals surface area contributed by atoms with Gasteiger partial charge in [0.25, 0.3) is 11.8 Å². The molecule has 0 aliphatic carbocycles. The second-order valence-electron chi connectivity index (χ2n) is 11.4. The average molecular weight is 531 g/mol. The third kappa shape index (κ3) is 4.85. The molecule has 1 spiro atoms. The highest BCUT2D eigenvalue weighted by molar-refractivity contribution is 6.25. The molecule has 9 heteroatoms. The minimum Gasteiger partial charge on any atom is -0.381 e. The van der Waals surface area contributed by atoms with E-state index in [-0.39, 0.29) is 29.9 Å². The fraction of sp³-hybridized carbons (Fsp3) is 0.467. The van der Waals surface area contributed by atoms with Crippen LogP contribution in [-0.4, -0.2) is 65.8 Å². The molecule has 0 bridgehead atoms. The molecule has 2 N–H and O–H groups in total. The van der Waals surface area contributed by atoms with Crippen LogP contribution < -0.4 is 10.6 Å². The van der Waals surface area contributed by atoms with Gasteiger partial charge >= 0.3 is 0 Å². The Morgan fingerprint density at radius 2 is 1.87 bits per heavy atom. The summed E-state index contributed by atoms with van der Waals surface area (Å²) in [5.74, 6) is -2.01. The van der Waals surface area contributed by atoms with Crippen molar-refractivity contribution in [2.75, 3.05) is 31.6 Å². The van der Waals surface area contributed by atoms with Crippen molar-refractivity contribution < 1.29 is 23.9 Å². The molecular formula is C30H34N4O5. The van der Waals surface area contributed by atoms with Crippen LogP contribution >= 0.6 is 0 Å². The van der Waals surface area contributed by atoms with E-state index < -0.39 is 23.8 Å². The molecule has 2 aromatic rings. The minimum atomic E-state index is -0.977. The first kappa shape index (κ1) is 25.7. The molecule has 9 nitrogen and oxygen atoms in total. The molecule has 39 heavy (non-hydrogen) atoms. The van der Waals surface area contributed by atoms with Gasteiger partial charge in [0.2, 0.25) is 11.8 Å². The molecule has 0 saturated carbocycles. The predicted octanol–water partition coefficient (Wildman–Crippen LogP) is 3.01. The lowest BCUT2D eigenvalue weighted by molar-refractivity contribution is -0.136. The molecular weight excluding hydrogens is 496 g/mol. The van der Waals surface area contributed by atoms with Crippen molar-refractivity contribution in [3.05, 3.63) is 64.2 Å². The van der Waals surface area contributed by atoms with Gasteiger partial charge in [-0.05, 0) is 79.9 Å². The molecule has 4 amide bonds. The first-order valence-corrected chi connectivity index (χ1v) is 13.8. The molecule has 204 valence electrons. The highest BCUT2D eigenvalue weighted by atomic mass is 16.5. The number of nitrogens with zero attached hydrogens (tertiary/aromatic N) is 2. The summed E-state index contributed by atoms with van der Waals surface area (Å²) < 4.78 is 5.67. The molecule has 0 aromatic heterocycles. The number of piperidine rings is 2. The Balaban J connectivity index is 1.11. The van der Waals surface area contributed by atoms with E-state index >= 15 is 0 Å². The van der Waals surface area contributed by atoms with Crippen LogP contribution in [0.25, 0.3) is 0 Å². The Kier molecular flexibility index (Phi) is 6.72. The lowest BCUT2D eigenvalue weighted by Gasteiger charge is -2.38. The summed E-state index contributed by atoms with van der Waals surface area (Å²) in [6.07, 6.45) is 3.84. The van der Waals surface area contributed by atoms with E-state index in [2.05, 4.69) is 40.7 Å². The molecule has 4 aliphatic rings. The third-order valence-electron chi connectivity index (χ3n) is 8.85. The van der Waals surface area contributed by atoms with Crippen LogP contribution in [-0.2, 0) is 27.4 Å². The fourth-order valence-corrected chi connectivity index (χ4v) is 6.38. The smallest absolute Gasteiger partial charge is 0.264 e. The Morgan fingerprint density at radius 3 is 2.59 bits per heavy atom. The topological polar surface area (TPSA) is 108 Å². The van der Waals surface area contributed by atoms with Crippen LogP contribution in [0.4, 0.5) is 5.69 Å². The van der Waals surface area contributed by atoms with Gasteiger partial charge in [0.05, 0.1) is 17.7 Å². The maximum atomic E-state index is 13.3. The average Bonchev–Trinajstić information content (AvgIpc) is 3.48. The van der Waals surface area contributed by atoms with Crippen LogP contribution in [0.1, 0.15) is 69.5 Å². The number of fused-ring (bicyclic) bond motifs is 1. The monoisotopic (exact) mass is 530 g/mol. The van der Waals surface area contributed by atoms with Gasteiger partial charge in [0, 0.05) is 31.8 Å². The number of amides is 4. The number of anilines is 1. The maximum Gasteiger partial charge on any atom is 0.264 e. The lowest BCUT2D eigenvalue weighted by atomic mass is 9.78.